The molecule has 1 aliphatic carbocycles. The minimum Gasteiger partial charge on any atom is -0.437 e. The van der Waals surface area contributed by atoms with Gasteiger partial charge in [0.05, 0.1) is 6.54 Å². The molecule has 40 heavy (non-hydrogen) atoms. The number of aromatic nitrogens is 4. The molecule has 0 radical (unpaired) electrons. The molecule has 3 aliphatic rings. The van der Waals surface area contributed by atoms with Gasteiger partial charge in [-0.15, -0.1) is 0 Å². The number of carbonyl (C=O) groups is 1. The fourth-order valence-corrected chi connectivity index (χ4v) is 5.86. The van der Waals surface area contributed by atoms with Crippen molar-refractivity contribution in [1.82, 2.24) is 24.0 Å². The van der Waals surface area contributed by atoms with Crippen LogP contribution in [0.25, 0.3) is 11.2 Å². The van der Waals surface area contributed by atoms with Crippen molar-refractivity contribution in [2.75, 3.05) is 24.5 Å². The molecule has 1 aromatic carbocycles. The topological polar surface area (TPSA) is 103 Å². The molecule has 0 atom stereocenters. The van der Waals surface area contributed by atoms with Gasteiger partial charge in [-0.2, -0.15) is 18.2 Å². The van der Waals surface area contributed by atoms with E-state index in [0.29, 0.717) is 44.0 Å². The molecule has 212 valence electrons. The lowest BCUT2D eigenvalue weighted by Crippen LogP contribution is -2.43. The number of nitrogens with zero attached hydrogens (tertiary/aromatic N) is 5. The third kappa shape index (κ3) is 4.49. The Morgan fingerprint density at radius 1 is 1.07 bits per heavy atom. The molecule has 0 bridgehead atoms. The van der Waals surface area contributed by atoms with Gasteiger partial charge in [-0.3, -0.25) is 13.9 Å². The third-order valence-corrected chi connectivity index (χ3v) is 7.79. The predicted molar refractivity (Wildman–Crippen MR) is 135 cm³/mol. The average molecular weight is 563 g/mol. The summed E-state index contributed by atoms with van der Waals surface area (Å²) in [5.74, 6) is -2.57. The standard InChI is InChI=1S/C26H26F4N6O4/c27-17-7-5-15(6-8-17)13-34-20-21(32-24(34)33-10-9-16-11-31-12-19(16)33)35(14-40-23(38)26(28,29)30)25(39)36(22(20)37)18-3-1-2-4-18/h5-8,18,31H,1-4,9-14H2. The third-order valence-electron chi connectivity index (χ3n) is 7.79. The molecule has 10 nitrogen and oxygen atoms in total. The van der Waals surface area contributed by atoms with Gasteiger partial charge in [0.15, 0.2) is 17.9 Å². The summed E-state index contributed by atoms with van der Waals surface area (Å²) in [6.45, 7) is 0.847. The summed E-state index contributed by atoms with van der Waals surface area (Å²) in [7, 11) is 0. The van der Waals surface area contributed by atoms with Crippen LogP contribution in [0.5, 0.6) is 0 Å². The molecule has 0 saturated heterocycles. The number of esters is 1. The highest BCUT2D eigenvalue weighted by Crippen LogP contribution is 2.33. The summed E-state index contributed by atoms with van der Waals surface area (Å²) in [5, 5.41) is 3.28. The molecule has 0 amide bonds. The van der Waals surface area contributed by atoms with Crippen LogP contribution in [-0.4, -0.2) is 50.5 Å². The van der Waals surface area contributed by atoms with Crippen molar-refractivity contribution in [3.8, 4) is 0 Å². The Hall–Kier alpha value is -3.94. The smallest absolute Gasteiger partial charge is 0.437 e. The minimum atomic E-state index is -5.26. The van der Waals surface area contributed by atoms with Gasteiger partial charge in [-0.25, -0.2) is 18.5 Å². The van der Waals surface area contributed by atoms with E-state index < -0.39 is 42.0 Å². The van der Waals surface area contributed by atoms with Crippen molar-refractivity contribution in [2.24, 2.45) is 0 Å². The van der Waals surface area contributed by atoms with Crippen molar-refractivity contribution >= 4 is 23.1 Å². The van der Waals surface area contributed by atoms with Crippen molar-refractivity contribution in [2.45, 2.75) is 57.6 Å². The number of anilines is 1. The number of hydrogen-bond acceptors (Lipinski definition) is 7. The molecule has 1 fully saturated rings. The first-order chi connectivity index (χ1) is 19.1. The quantitative estimate of drug-likeness (QED) is 0.364. The van der Waals surface area contributed by atoms with Crippen LogP contribution >= 0.6 is 0 Å². The zero-order valence-corrected chi connectivity index (χ0v) is 21.3. The number of nitrogens with one attached hydrogen (secondary N) is 1. The van der Waals surface area contributed by atoms with E-state index in [4.69, 9.17) is 0 Å². The largest absolute Gasteiger partial charge is 0.490 e. The average Bonchev–Trinajstić information content (AvgIpc) is 3.70. The molecule has 3 aromatic rings. The molecule has 1 saturated carbocycles. The molecule has 4 heterocycles. The summed E-state index contributed by atoms with van der Waals surface area (Å²) in [6, 6.07) is 5.25. The van der Waals surface area contributed by atoms with Gasteiger partial charge < -0.3 is 15.0 Å². The number of ether oxygens (including phenoxy) is 1. The van der Waals surface area contributed by atoms with Crippen molar-refractivity contribution < 1.29 is 27.1 Å². The van der Waals surface area contributed by atoms with Crippen LogP contribution in [0.3, 0.4) is 0 Å². The number of benzene rings is 1. The summed E-state index contributed by atoms with van der Waals surface area (Å²) >= 11 is 0. The van der Waals surface area contributed by atoms with Gasteiger partial charge in [0, 0.05) is 31.4 Å². The number of halogens is 4. The number of fused-ring (bicyclic) bond motifs is 1. The normalized spacial score (nSPS) is 17.9. The number of imidazole rings is 1. The molecule has 1 N–H and O–H groups in total. The molecule has 2 aliphatic heterocycles. The highest BCUT2D eigenvalue weighted by atomic mass is 19.4. The Kier molecular flexibility index (Phi) is 6.51. The first kappa shape index (κ1) is 26.3. The second kappa shape index (κ2) is 9.91. The Labute approximate surface area is 224 Å². The second-order valence-corrected chi connectivity index (χ2v) is 10.2. The fraction of sp³-hybridized carbons (Fsp3) is 0.462. The molecular weight excluding hydrogens is 536 g/mol. The van der Waals surface area contributed by atoms with Crippen LogP contribution in [0.15, 0.2) is 45.1 Å². The molecule has 2 aromatic heterocycles. The first-order valence-electron chi connectivity index (χ1n) is 13.1. The first-order valence-corrected chi connectivity index (χ1v) is 13.1. The fourth-order valence-electron chi connectivity index (χ4n) is 5.86. The van der Waals surface area contributed by atoms with E-state index in [9.17, 15) is 31.9 Å². The van der Waals surface area contributed by atoms with Gasteiger partial charge in [0.25, 0.3) is 5.56 Å². The number of hydrogen-bond donors (Lipinski definition) is 1. The van der Waals surface area contributed by atoms with Crippen LogP contribution in [0.4, 0.5) is 23.5 Å². The highest BCUT2D eigenvalue weighted by molar-refractivity contribution is 5.77. The van der Waals surface area contributed by atoms with Crippen LogP contribution in [0, 0.1) is 5.82 Å². The van der Waals surface area contributed by atoms with Crippen LogP contribution < -0.4 is 21.5 Å². The van der Waals surface area contributed by atoms with Gasteiger partial charge in [0.2, 0.25) is 5.95 Å². The Bertz CT molecular complexity index is 1630. The van der Waals surface area contributed by atoms with Gasteiger partial charge >= 0.3 is 17.8 Å². The molecular formula is C26H26F4N6O4. The van der Waals surface area contributed by atoms with E-state index in [-0.39, 0.29) is 17.7 Å². The maximum absolute atomic E-state index is 14.0. The number of alkyl halides is 3. The lowest BCUT2D eigenvalue weighted by atomic mass is 10.2. The predicted octanol–water partition coefficient (Wildman–Crippen LogP) is 2.79. The molecule has 14 heteroatoms. The van der Waals surface area contributed by atoms with E-state index in [1.54, 1.807) is 16.7 Å². The Balaban J connectivity index is 1.58. The monoisotopic (exact) mass is 562 g/mol. The highest BCUT2D eigenvalue weighted by Gasteiger charge is 2.41. The Morgan fingerprint density at radius 2 is 1.80 bits per heavy atom. The summed E-state index contributed by atoms with van der Waals surface area (Å²) in [5.41, 5.74) is 1.10. The van der Waals surface area contributed by atoms with E-state index in [1.165, 1.54) is 17.7 Å². The van der Waals surface area contributed by atoms with E-state index in [1.807, 2.05) is 4.90 Å². The van der Waals surface area contributed by atoms with E-state index in [2.05, 4.69) is 15.0 Å². The Morgan fingerprint density at radius 3 is 2.50 bits per heavy atom. The lowest BCUT2D eigenvalue weighted by molar-refractivity contribution is -0.203. The SMILES string of the molecule is O=C(OCn1c(=O)n(C2CCCC2)c(=O)c2c1nc(N1CCC3=C1CNC3)n2Cc1ccc(F)cc1)C(F)(F)F. The van der Waals surface area contributed by atoms with Gasteiger partial charge in [0.1, 0.15) is 5.82 Å². The maximum atomic E-state index is 14.0. The van der Waals surface area contributed by atoms with Crippen molar-refractivity contribution in [1.29, 1.82) is 0 Å². The zero-order chi connectivity index (χ0) is 28.2. The van der Waals surface area contributed by atoms with Gasteiger partial charge in [-0.1, -0.05) is 25.0 Å². The summed E-state index contributed by atoms with van der Waals surface area (Å²) in [6.07, 6.45) is -1.83. The van der Waals surface area contributed by atoms with E-state index >= 15 is 0 Å². The zero-order valence-electron chi connectivity index (χ0n) is 21.3. The van der Waals surface area contributed by atoms with Crippen molar-refractivity contribution in [3.05, 3.63) is 67.8 Å². The van der Waals surface area contributed by atoms with Crippen LogP contribution in [0.1, 0.15) is 43.7 Å². The van der Waals surface area contributed by atoms with Gasteiger partial charge in [-0.05, 0) is 42.5 Å². The number of rotatable bonds is 6. The van der Waals surface area contributed by atoms with E-state index in [0.717, 1.165) is 34.1 Å². The minimum absolute atomic E-state index is 0.00566. The lowest BCUT2D eigenvalue weighted by Gasteiger charge is -2.22. The molecule has 0 spiro atoms. The summed E-state index contributed by atoms with van der Waals surface area (Å²) < 4.78 is 60.4. The maximum Gasteiger partial charge on any atom is 0.490 e. The van der Waals surface area contributed by atoms with Crippen molar-refractivity contribution in [3.63, 3.8) is 0 Å². The summed E-state index contributed by atoms with van der Waals surface area (Å²) in [4.78, 5) is 45.7. The van der Waals surface area contributed by atoms with Crippen LogP contribution in [0.2, 0.25) is 0 Å². The number of carbonyl (C=O) groups excluding carboxylic acids is 1. The van der Waals surface area contributed by atoms with Crippen LogP contribution in [-0.2, 0) is 22.8 Å². The molecule has 0 unspecified atom stereocenters. The second-order valence-electron chi connectivity index (χ2n) is 10.2. The molecule has 6 rings (SSSR count).